The van der Waals surface area contributed by atoms with Crippen molar-refractivity contribution in [1.82, 2.24) is 0 Å². The van der Waals surface area contributed by atoms with Crippen LogP contribution < -0.4 is 5.32 Å². The molecule has 1 aromatic carbocycles. The first-order valence-electron chi connectivity index (χ1n) is 4.68. The van der Waals surface area contributed by atoms with E-state index in [2.05, 4.69) is 5.32 Å². The van der Waals surface area contributed by atoms with Gasteiger partial charge in [0.2, 0.25) is 0 Å². The Bertz CT molecular complexity index is 392. The number of furan rings is 1. The Labute approximate surface area is 83.6 Å². The number of hydrogen-bond donors (Lipinski definition) is 1. The quantitative estimate of drug-likeness (QED) is 0.798. The van der Waals surface area contributed by atoms with Crippen LogP contribution in [0.2, 0.25) is 0 Å². The highest BCUT2D eigenvalue weighted by molar-refractivity contribution is 5.42. The van der Waals surface area contributed by atoms with Gasteiger partial charge in [0.05, 0.1) is 12.8 Å². The van der Waals surface area contributed by atoms with Crippen molar-refractivity contribution in [3.63, 3.8) is 0 Å². The molecule has 2 rings (SSSR count). The summed E-state index contributed by atoms with van der Waals surface area (Å²) < 4.78 is 5.32. The van der Waals surface area contributed by atoms with E-state index in [-0.39, 0.29) is 0 Å². The van der Waals surface area contributed by atoms with Crippen molar-refractivity contribution in [3.05, 3.63) is 54.0 Å². The van der Waals surface area contributed by atoms with Crippen LogP contribution in [0.1, 0.15) is 11.3 Å². The number of nitrogens with one attached hydrogen (secondary N) is 1. The van der Waals surface area contributed by atoms with E-state index in [4.69, 9.17) is 4.42 Å². The summed E-state index contributed by atoms with van der Waals surface area (Å²) in [5.74, 6) is 0.994. The molecule has 0 spiro atoms. The lowest BCUT2D eigenvalue weighted by Crippen LogP contribution is -1.98. The lowest BCUT2D eigenvalue weighted by Gasteiger charge is -2.04. The van der Waals surface area contributed by atoms with E-state index in [9.17, 15) is 0 Å². The van der Waals surface area contributed by atoms with Crippen LogP contribution in [0.5, 0.6) is 0 Å². The Kier molecular flexibility index (Phi) is 2.54. The smallest absolute Gasteiger partial charge is 0.125 e. The molecule has 0 saturated heterocycles. The molecule has 1 heterocycles. The molecule has 0 saturated carbocycles. The summed E-state index contributed by atoms with van der Waals surface area (Å²) in [6, 6.07) is 12.1. The number of rotatable bonds is 3. The Morgan fingerprint density at radius 2 is 1.93 bits per heavy atom. The second kappa shape index (κ2) is 4.01. The number of benzene rings is 1. The highest BCUT2D eigenvalue weighted by Gasteiger charge is 2.00. The van der Waals surface area contributed by atoms with E-state index in [1.807, 2.05) is 43.3 Å². The summed E-state index contributed by atoms with van der Waals surface area (Å²) in [6.07, 6.45) is 1.72. The molecular weight excluding hydrogens is 174 g/mol. The third kappa shape index (κ3) is 1.96. The minimum atomic E-state index is 0.739. The molecule has 0 aliphatic rings. The SMILES string of the molecule is Cc1ccoc1CNc1ccccc1. The van der Waals surface area contributed by atoms with Crippen molar-refractivity contribution in [2.45, 2.75) is 13.5 Å². The van der Waals surface area contributed by atoms with Gasteiger partial charge in [0.15, 0.2) is 0 Å². The standard InChI is InChI=1S/C12H13NO/c1-10-7-8-14-12(10)9-13-11-5-3-2-4-6-11/h2-8,13H,9H2,1H3. The topological polar surface area (TPSA) is 25.2 Å². The Balaban J connectivity index is 1.99. The Morgan fingerprint density at radius 1 is 1.14 bits per heavy atom. The van der Waals surface area contributed by atoms with Crippen LogP contribution >= 0.6 is 0 Å². The van der Waals surface area contributed by atoms with Crippen LogP contribution in [0.4, 0.5) is 5.69 Å². The highest BCUT2D eigenvalue weighted by Crippen LogP contribution is 2.12. The molecule has 72 valence electrons. The van der Waals surface area contributed by atoms with Crippen molar-refractivity contribution in [2.75, 3.05) is 5.32 Å². The molecule has 1 N–H and O–H groups in total. The number of para-hydroxylation sites is 1. The molecular formula is C12H13NO. The number of hydrogen-bond acceptors (Lipinski definition) is 2. The fourth-order valence-corrected chi connectivity index (χ4v) is 1.32. The average Bonchev–Trinajstić information content (AvgIpc) is 2.63. The first-order chi connectivity index (χ1) is 6.86. The fourth-order valence-electron chi connectivity index (χ4n) is 1.32. The molecule has 2 aromatic rings. The van der Waals surface area contributed by atoms with E-state index in [1.165, 1.54) is 5.56 Å². The van der Waals surface area contributed by atoms with E-state index in [0.717, 1.165) is 18.0 Å². The highest BCUT2D eigenvalue weighted by atomic mass is 16.3. The molecule has 14 heavy (non-hydrogen) atoms. The van der Waals surface area contributed by atoms with Crippen LogP contribution in [0, 0.1) is 6.92 Å². The first kappa shape index (κ1) is 8.88. The molecule has 0 fully saturated rings. The zero-order valence-corrected chi connectivity index (χ0v) is 8.16. The van der Waals surface area contributed by atoms with Gasteiger partial charge in [0.1, 0.15) is 5.76 Å². The van der Waals surface area contributed by atoms with Gasteiger partial charge in [-0.05, 0) is 30.7 Å². The zero-order valence-electron chi connectivity index (χ0n) is 8.16. The third-order valence-corrected chi connectivity index (χ3v) is 2.20. The zero-order chi connectivity index (χ0) is 9.80. The van der Waals surface area contributed by atoms with Crippen molar-refractivity contribution >= 4 is 5.69 Å². The predicted octanol–water partition coefficient (Wildman–Crippen LogP) is 3.20. The van der Waals surface area contributed by atoms with Crippen LogP contribution in [-0.2, 0) is 6.54 Å². The molecule has 0 unspecified atom stereocenters. The Morgan fingerprint density at radius 3 is 2.57 bits per heavy atom. The largest absolute Gasteiger partial charge is 0.467 e. The molecule has 0 radical (unpaired) electrons. The lowest BCUT2D eigenvalue weighted by molar-refractivity contribution is 0.515. The van der Waals surface area contributed by atoms with Gasteiger partial charge < -0.3 is 9.73 Å². The van der Waals surface area contributed by atoms with Gasteiger partial charge in [-0.25, -0.2) is 0 Å². The molecule has 2 heteroatoms. The summed E-state index contributed by atoms with van der Waals surface area (Å²) in [5, 5.41) is 3.29. The van der Waals surface area contributed by atoms with E-state index >= 15 is 0 Å². The maximum Gasteiger partial charge on any atom is 0.125 e. The summed E-state index contributed by atoms with van der Waals surface area (Å²) in [6.45, 7) is 2.79. The second-order valence-electron chi connectivity index (χ2n) is 3.25. The molecule has 1 aromatic heterocycles. The van der Waals surface area contributed by atoms with Gasteiger partial charge in [-0.1, -0.05) is 18.2 Å². The van der Waals surface area contributed by atoms with E-state index in [0.29, 0.717) is 0 Å². The maximum atomic E-state index is 5.32. The molecule has 2 nitrogen and oxygen atoms in total. The van der Waals surface area contributed by atoms with Crippen molar-refractivity contribution in [3.8, 4) is 0 Å². The van der Waals surface area contributed by atoms with Gasteiger partial charge >= 0.3 is 0 Å². The van der Waals surface area contributed by atoms with Crippen LogP contribution in [0.25, 0.3) is 0 Å². The van der Waals surface area contributed by atoms with E-state index < -0.39 is 0 Å². The van der Waals surface area contributed by atoms with Crippen LogP contribution in [0.15, 0.2) is 47.1 Å². The molecule has 0 amide bonds. The fraction of sp³-hybridized carbons (Fsp3) is 0.167. The van der Waals surface area contributed by atoms with Gasteiger partial charge in [0.25, 0.3) is 0 Å². The predicted molar refractivity (Wildman–Crippen MR) is 57.2 cm³/mol. The molecule has 0 aliphatic carbocycles. The van der Waals surface area contributed by atoms with Crippen molar-refractivity contribution in [1.29, 1.82) is 0 Å². The monoisotopic (exact) mass is 187 g/mol. The van der Waals surface area contributed by atoms with Crippen LogP contribution in [-0.4, -0.2) is 0 Å². The van der Waals surface area contributed by atoms with Crippen molar-refractivity contribution < 1.29 is 4.42 Å². The van der Waals surface area contributed by atoms with E-state index in [1.54, 1.807) is 6.26 Å². The minimum absolute atomic E-state index is 0.739. The Hall–Kier alpha value is -1.70. The van der Waals surface area contributed by atoms with Crippen molar-refractivity contribution in [2.24, 2.45) is 0 Å². The van der Waals surface area contributed by atoms with Crippen LogP contribution in [0.3, 0.4) is 0 Å². The summed E-state index contributed by atoms with van der Waals surface area (Å²) in [4.78, 5) is 0. The number of aryl methyl sites for hydroxylation is 1. The van der Waals surface area contributed by atoms with Gasteiger partial charge in [-0.15, -0.1) is 0 Å². The summed E-state index contributed by atoms with van der Waals surface area (Å²) in [7, 11) is 0. The minimum Gasteiger partial charge on any atom is -0.467 e. The maximum absolute atomic E-state index is 5.32. The second-order valence-corrected chi connectivity index (χ2v) is 3.25. The molecule has 0 atom stereocenters. The van der Waals surface area contributed by atoms with Gasteiger partial charge in [-0.3, -0.25) is 0 Å². The molecule has 0 aliphatic heterocycles. The summed E-state index contributed by atoms with van der Waals surface area (Å²) >= 11 is 0. The third-order valence-electron chi connectivity index (χ3n) is 2.20. The summed E-state index contributed by atoms with van der Waals surface area (Å²) in [5.41, 5.74) is 2.30. The lowest BCUT2D eigenvalue weighted by atomic mass is 10.2. The van der Waals surface area contributed by atoms with Gasteiger partial charge in [0, 0.05) is 5.69 Å². The molecule has 0 bridgehead atoms. The first-order valence-corrected chi connectivity index (χ1v) is 4.68. The number of anilines is 1. The average molecular weight is 187 g/mol. The van der Waals surface area contributed by atoms with Gasteiger partial charge in [-0.2, -0.15) is 0 Å². The normalized spacial score (nSPS) is 10.1.